The molecule has 0 saturated carbocycles. The lowest BCUT2D eigenvalue weighted by Gasteiger charge is -2.37. The smallest absolute Gasteiger partial charge is 0.308 e. The van der Waals surface area contributed by atoms with Crippen LogP contribution in [0.15, 0.2) is 12.7 Å². The van der Waals surface area contributed by atoms with Crippen LogP contribution in [0.3, 0.4) is 0 Å². The van der Waals surface area contributed by atoms with Gasteiger partial charge in [0.15, 0.2) is 0 Å². The van der Waals surface area contributed by atoms with Gasteiger partial charge in [0, 0.05) is 31.0 Å². The van der Waals surface area contributed by atoms with Crippen molar-refractivity contribution in [2.75, 3.05) is 26.2 Å². The molecule has 0 radical (unpaired) electrons. The van der Waals surface area contributed by atoms with E-state index in [1.807, 2.05) is 6.92 Å². The second-order valence-corrected chi connectivity index (χ2v) is 10.9. The number of unbranched alkanes of at least 4 members (excludes halogenated alkanes) is 2. The molecule has 3 fully saturated rings. The highest BCUT2D eigenvalue weighted by Crippen LogP contribution is 2.71. The van der Waals surface area contributed by atoms with Crippen LogP contribution >= 0.6 is 11.8 Å². The summed E-state index contributed by atoms with van der Waals surface area (Å²) in [6, 6.07) is -0.681. The molecular formula is C22H34N2O5S. The highest BCUT2D eigenvalue weighted by atomic mass is 32.2. The van der Waals surface area contributed by atoms with Crippen LogP contribution in [0.2, 0.25) is 0 Å². The molecule has 30 heavy (non-hydrogen) atoms. The molecule has 2 N–H and O–H groups in total. The molecule has 8 heteroatoms. The molecule has 2 bridgehead atoms. The molecule has 7 nitrogen and oxygen atoms in total. The maximum Gasteiger partial charge on any atom is 0.308 e. The van der Waals surface area contributed by atoms with E-state index in [2.05, 4.69) is 13.5 Å². The fraction of sp³-hybridized carbons (Fsp3) is 0.773. The molecule has 0 aromatic heterocycles. The van der Waals surface area contributed by atoms with Crippen LogP contribution in [0, 0.1) is 11.8 Å². The predicted octanol–water partition coefficient (Wildman–Crippen LogP) is 2.14. The van der Waals surface area contributed by atoms with Gasteiger partial charge in [-0.25, -0.2) is 0 Å². The molecule has 3 aliphatic rings. The number of aliphatic carboxylic acids is 1. The molecule has 2 amide bonds. The third-order valence-corrected chi connectivity index (χ3v) is 9.01. The first-order valence-corrected chi connectivity index (χ1v) is 11.8. The molecule has 0 aromatic rings. The Morgan fingerprint density at radius 3 is 2.67 bits per heavy atom. The van der Waals surface area contributed by atoms with Crippen LogP contribution in [0.25, 0.3) is 0 Å². The Kier molecular flexibility index (Phi) is 6.87. The maximum absolute atomic E-state index is 13.8. The third-order valence-electron chi connectivity index (χ3n) is 7.03. The molecule has 5 atom stereocenters. The second-order valence-electron chi connectivity index (χ2n) is 8.95. The number of carbonyl (C=O) groups excluding carboxylic acids is 2. The summed E-state index contributed by atoms with van der Waals surface area (Å²) in [5.74, 6) is -2.77. The van der Waals surface area contributed by atoms with E-state index >= 15 is 0 Å². The largest absolute Gasteiger partial charge is 0.481 e. The minimum atomic E-state index is -0.953. The zero-order chi connectivity index (χ0) is 22.1. The SMILES string of the molecule is C=CCN(CCCCC)C(=O)C1N(CCCO)C(=O)[C@@H]2[C@@H](C(=O)O)[C@@]3(C)CCC12S3. The average molecular weight is 439 g/mol. The minimum Gasteiger partial charge on any atom is -0.481 e. The monoisotopic (exact) mass is 438 g/mol. The van der Waals surface area contributed by atoms with Crippen LogP contribution in [-0.4, -0.2) is 79.6 Å². The number of amides is 2. The molecule has 3 rings (SSSR count). The van der Waals surface area contributed by atoms with Gasteiger partial charge in [-0.05, 0) is 32.6 Å². The first-order valence-electron chi connectivity index (χ1n) is 11.0. The van der Waals surface area contributed by atoms with Gasteiger partial charge in [0.1, 0.15) is 6.04 Å². The molecule has 168 valence electrons. The third kappa shape index (κ3) is 3.55. The molecule has 2 unspecified atom stereocenters. The summed E-state index contributed by atoms with van der Waals surface area (Å²) >= 11 is 1.55. The Morgan fingerprint density at radius 1 is 1.33 bits per heavy atom. The van der Waals surface area contributed by atoms with Crippen molar-refractivity contribution >= 4 is 29.5 Å². The number of thioether (sulfide) groups is 1. The number of carboxylic acid groups (broad SMARTS) is 1. The standard InChI is InChI=1S/C22H34N2O5S/c1-4-6-7-12-23(11-5-2)19(27)17-22-10-9-21(3,30-22)16(20(28)29)15(22)18(26)24(17)13-8-14-25/h5,15-17,25H,2,4,6-14H2,1,3H3,(H,28,29)/t15-,16-,17?,21+,22?/m0/s1. The van der Waals surface area contributed by atoms with E-state index < -0.39 is 33.3 Å². The van der Waals surface area contributed by atoms with Gasteiger partial charge in [-0.1, -0.05) is 25.8 Å². The minimum absolute atomic E-state index is 0.0809. The lowest BCUT2D eigenvalue weighted by molar-refractivity contribution is -0.150. The summed E-state index contributed by atoms with van der Waals surface area (Å²) in [6.45, 7) is 9.02. The number of aliphatic hydroxyl groups excluding tert-OH is 1. The summed E-state index contributed by atoms with van der Waals surface area (Å²) in [5, 5.41) is 19.3. The maximum atomic E-state index is 13.8. The Balaban J connectivity index is 1.99. The van der Waals surface area contributed by atoms with Crippen LogP contribution < -0.4 is 0 Å². The van der Waals surface area contributed by atoms with Crippen molar-refractivity contribution in [1.82, 2.24) is 9.80 Å². The van der Waals surface area contributed by atoms with Gasteiger partial charge in [0.05, 0.1) is 16.6 Å². The number of fused-ring (bicyclic) bond motifs is 1. The quantitative estimate of drug-likeness (QED) is 0.379. The highest BCUT2D eigenvalue weighted by molar-refractivity contribution is 8.02. The van der Waals surface area contributed by atoms with E-state index in [1.54, 1.807) is 27.6 Å². The normalized spacial score (nSPS) is 34.3. The zero-order valence-corrected chi connectivity index (χ0v) is 18.8. The van der Waals surface area contributed by atoms with E-state index in [1.165, 1.54) is 0 Å². The van der Waals surface area contributed by atoms with Gasteiger partial charge in [-0.15, -0.1) is 18.3 Å². The number of hydrogen-bond acceptors (Lipinski definition) is 5. The summed E-state index contributed by atoms with van der Waals surface area (Å²) in [4.78, 5) is 42.8. The number of likely N-dealkylation sites (tertiary alicyclic amines) is 1. The molecule has 3 aliphatic heterocycles. The molecular weight excluding hydrogens is 404 g/mol. The Morgan fingerprint density at radius 2 is 2.07 bits per heavy atom. The van der Waals surface area contributed by atoms with Crippen molar-refractivity contribution in [2.24, 2.45) is 11.8 Å². The summed E-state index contributed by atoms with van der Waals surface area (Å²) < 4.78 is -1.23. The van der Waals surface area contributed by atoms with E-state index in [-0.39, 0.29) is 25.0 Å². The molecule has 3 heterocycles. The molecule has 0 aliphatic carbocycles. The number of hydrogen-bond donors (Lipinski definition) is 2. The fourth-order valence-electron chi connectivity index (χ4n) is 5.74. The van der Waals surface area contributed by atoms with Crippen molar-refractivity contribution in [2.45, 2.75) is 67.9 Å². The number of rotatable bonds is 11. The van der Waals surface area contributed by atoms with E-state index in [9.17, 15) is 24.6 Å². The van der Waals surface area contributed by atoms with Crippen LogP contribution in [0.1, 0.15) is 52.4 Å². The van der Waals surface area contributed by atoms with Crippen molar-refractivity contribution in [3.63, 3.8) is 0 Å². The number of carbonyl (C=O) groups is 3. The van der Waals surface area contributed by atoms with Crippen molar-refractivity contribution in [3.8, 4) is 0 Å². The van der Waals surface area contributed by atoms with Crippen molar-refractivity contribution < 1.29 is 24.6 Å². The molecule has 0 aromatic carbocycles. The van der Waals surface area contributed by atoms with Crippen LogP contribution in [0.4, 0.5) is 0 Å². The summed E-state index contributed by atoms with van der Waals surface area (Å²) in [5.41, 5.74) is 0. The van der Waals surface area contributed by atoms with Gasteiger partial charge in [-0.3, -0.25) is 14.4 Å². The van der Waals surface area contributed by atoms with Crippen LogP contribution in [0.5, 0.6) is 0 Å². The Labute approximate surface area is 182 Å². The first-order chi connectivity index (χ1) is 14.3. The van der Waals surface area contributed by atoms with Crippen molar-refractivity contribution in [1.29, 1.82) is 0 Å². The van der Waals surface area contributed by atoms with E-state index in [0.717, 1.165) is 19.3 Å². The number of aliphatic hydroxyl groups is 1. The lowest BCUT2D eigenvalue weighted by Crippen LogP contribution is -2.55. The predicted molar refractivity (Wildman–Crippen MR) is 116 cm³/mol. The summed E-state index contributed by atoms with van der Waals surface area (Å²) in [6.07, 6.45) is 6.36. The van der Waals surface area contributed by atoms with E-state index in [4.69, 9.17) is 0 Å². The van der Waals surface area contributed by atoms with Crippen molar-refractivity contribution in [3.05, 3.63) is 12.7 Å². The summed E-state index contributed by atoms with van der Waals surface area (Å²) in [7, 11) is 0. The topological polar surface area (TPSA) is 98.2 Å². The number of carboxylic acids is 1. The second kappa shape index (κ2) is 8.91. The zero-order valence-electron chi connectivity index (χ0n) is 18.0. The van der Waals surface area contributed by atoms with Gasteiger partial charge in [-0.2, -0.15) is 0 Å². The number of nitrogens with zero attached hydrogens (tertiary/aromatic N) is 2. The fourth-order valence-corrected chi connectivity index (χ4v) is 8.08. The average Bonchev–Trinajstić information content (AvgIpc) is 3.26. The first kappa shape index (κ1) is 23.1. The molecule has 3 saturated heterocycles. The van der Waals surface area contributed by atoms with Gasteiger partial charge in [0.2, 0.25) is 11.8 Å². The Bertz CT molecular complexity index is 716. The highest BCUT2D eigenvalue weighted by Gasteiger charge is 2.77. The molecule has 1 spiro atoms. The van der Waals surface area contributed by atoms with Gasteiger partial charge >= 0.3 is 5.97 Å². The van der Waals surface area contributed by atoms with E-state index in [0.29, 0.717) is 32.4 Å². The van der Waals surface area contributed by atoms with Gasteiger partial charge < -0.3 is 20.0 Å². The Hall–Kier alpha value is -1.54. The lowest BCUT2D eigenvalue weighted by atomic mass is 9.66. The van der Waals surface area contributed by atoms with Crippen LogP contribution in [-0.2, 0) is 14.4 Å². The van der Waals surface area contributed by atoms with Gasteiger partial charge in [0.25, 0.3) is 0 Å².